The van der Waals surface area contributed by atoms with Crippen LogP contribution in [0.3, 0.4) is 0 Å². The van der Waals surface area contributed by atoms with Crippen LogP contribution in [0.5, 0.6) is 0 Å². The van der Waals surface area contributed by atoms with E-state index < -0.39 is 11.5 Å². The summed E-state index contributed by atoms with van der Waals surface area (Å²) >= 11 is 3.46. The molecule has 0 bridgehead atoms. The number of aryl methyl sites for hydroxylation is 3. The molecule has 1 heterocycles. The molecule has 1 unspecified atom stereocenters. The smallest absolute Gasteiger partial charge is 0.264 e. The van der Waals surface area contributed by atoms with Gasteiger partial charge in [0, 0.05) is 15.6 Å². The monoisotopic (exact) mass is 503 g/mol. The van der Waals surface area contributed by atoms with Gasteiger partial charge in [-0.05, 0) is 73.6 Å². The normalized spacial score (nSPS) is 19.4. The van der Waals surface area contributed by atoms with E-state index in [9.17, 15) is 14.7 Å². The first-order valence-electron chi connectivity index (χ1n) is 11.4. The Hall–Kier alpha value is -2.76. The maximum Gasteiger partial charge on any atom is 0.264 e. The standard InChI is InChI=1S/C28H26BrNO3/c1-18-5-4-6-19(13-18)17-30-25-12-11-23(29)15-24(25)28(33,27(30)32)16-26(31)22-10-9-20-7-2-3-8-21(20)14-22/h4-6,9-15,33H,2-3,7-8,16-17H2,1H3. The van der Waals surface area contributed by atoms with Crippen LogP contribution in [0.25, 0.3) is 0 Å². The number of carbonyl (C=O) groups excluding carboxylic acids is 2. The van der Waals surface area contributed by atoms with Crippen molar-refractivity contribution in [3.05, 3.63) is 98.5 Å². The van der Waals surface area contributed by atoms with Crippen LogP contribution in [0.4, 0.5) is 5.69 Å². The van der Waals surface area contributed by atoms with E-state index in [1.807, 2.05) is 61.5 Å². The summed E-state index contributed by atoms with van der Waals surface area (Å²) in [5, 5.41) is 11.7. The van der Waals surface area contributed by atoms with Gasteiger partial charge < -0.3 is 10.0 Å². The van der Waals surface area contributed by atoms with Gasteiger partial charge in [-0.15, -0.1) is 0 Å². The highest BCUT2D eigenvalue weighted by Crippen LogP contribution is 2.45. The number of Topliss-reactive ketones (excluding diaryl/α,β-unsaturated/α-hetero) is 1. The number of anilines is 1. The van der Waals surface area contributed by atoms with Crippen molar-refractivity contribution in [1.82, 2.24) is 0 Å². The van der Waals surface area contributed by atoms with Gasteiger partial charge in [0.15, 0.2) is 11.4 Å². The zero-order valence-corrected chi connectivity index (χ0v) is 20.2. The van der Waals surface area contributed by atoms with Crippen molar-refractivity contribution >= 4 is 33.3 Å². The Morgan fingerprint density at radius 1 is 1.03 bits per heavy atom. The largest absolute Gasteiger partial charge is 0.375 e. The van der Waals surface area contributed by atoms with Crippen LogP contribution in [0.1, 0.15) is 57.4 Å². The summed E-state index contributed by atoms with van der Waals surface area (Å²) in [5.41, 5.74) is 4.37. The Labute approximate surface area is 202 Å². The van der Waals surface area contributed by atoms with Gasteiger partial charge in [-0.1, -0.05) is 57.9 Å². The molecule has 1 atom stereocenters. The van der Waals surface area contributed by atoms with E-state index in [0.717, 1.165) is 34.9 Å². The summed E-state index contributed by atoms with van der Waals surface area (Å²) in [7, 11) is 0. The summed E-state index contributed by atoms with van der Waals surface area (Å²) in [6.07, 6.45) is 4.04. The van der Waals surface area contributed by atoms with Gasteiger partial charge in [0.05, 0.1) is 18.7 Å². The molecule has 3 aromatic rings. The molecule has 168 valence electrons. The lowest BCUT2D eigenvalue weighted by Gasteiger charge is -2.23. The van der Waals surface area contributed by atoms with Crippen LogP contribution in [-0.2, 0) is 29.8 Å². The second kappa shape index (κ2) is 8.54. The summed E-state index contributed by atoms with van der Waals surface area (Å²) in [6, 6.07) is 19.2. The van der Waals surface area contributed by atoms with Gasteiger partial charge >= 0.3 is 0 Å². The third kappa shape index (κ3) is 4.04. The van der Waals surface area contributed by atoms with E-state index in [4.69, 9.17) is 0 Å². The lowest BCUT2D eigenvalue weighted by Crippen LogP contribution is -2.41. The first kappa shape index (κ1) is 22.1. The SMILES string of the molecule is Cc1cccc(CN2C(=O)C(O)(CC(=O)c3ccc4c(c3)CCCC4)c3cc(Br)ccc32)c1. The lowest BCUT2D eigenvalue weighted by atomic mass is 9.85. The summed E-state index contributed by atoms with van der Waals surface area (Å²) in [4.78, 5) is 28.5. The Kier molecular flexibility index (Phi) is 5.71. The van der Waals surface area contributed by atoms with Crippen molar-refractivity contribution in [2.75, 3.05) is 4.90 Å². The number of hydrogen-bond acceptors (Lipinski definition) is 3. The zero-order chi connectivity index (χ0) is 23.2. The average molecular weight is 504 g/mol. The summed E-state index contributed by atoms with van der Waals surface area (Å²) in [5.74, 6) is -0.675. The van der Waals surface area contributed by atoms with E-state index in [1.165, 1.54) is 17.5 Å². The van der Waals surface area contributed by atoms with E-state index in [0.29, 0.717) is 23.4 Å². The lowest BCUT2D eigenvalue weighted by molar-refractivity contribution is -0.136. The van der Waals surface area contributed by atoms with Crippen LogP contribution in [0, 0.1) is 6.92 Å². The molecule has 0 aromatic heterocycles. The average Bonchev–Trinajstić information content (AvgIpc) is 3.00. The number of carbonyl (C=O) groups is 2. The minimum Gasteiger partial charge on any atom is -0.375 e. The number of fused-ring (bicyclic) bond motifs is 2. The highest BCUT2D eigenvalue weighted by atomic mass is 79.9. The molecule has 33 heavy (non-hydrogen) atoms. The van der Waals surface area contributed by atoms with E-state index in [1.54, 1.807) is 11.0 Å². The number of amides is 1. The van der Waals surface area contributed by atoms with Crippen LogP contribution in [-0.4, -0.2) is 16.8 Å². The number of benzene rings is 3. The Morgan fingerprint density at radius 3 is 2.61 bits per heavy atom. The third-order valence-electron chi connectivity index (χ3n) is 6.80. The number of hydrogen-bond donors (Lipinski definition) is 1. The van der Waals surface area contributed by atoms with Gasteiger partial charge in [-0.2, -0.15) is 0 Å². The highest BCUT2D eigenvalue weighted by molar-refractivity contribution is 9.10. The fourth-order valence-corrected chi connectivity index (χ4v) is 5.45. The van der Waals surface area contributed by atoms with Crippen LogP contribution >= 0.6 is 15.9 Å². The summed E-state index contributed by atoms with van der Waals surface area (Å²) < 4.78 is 0.756. The first-order chi connectivity index (χ1) is 15.8. The summed E-state index contributed by atoms with van der Waals surface area (Å²) in [6.45, 7) is 2.35. The molecular weight excluding hydrogens is 478 g/mol. The molecule has 4 nitrogen and oxygen atoms in total. The number of rotatable bonds is 5. The van der Waals surface area contributed by atoms with Crippen molar-refractivity contribution in [3.8, 4) is 0 Å². The first-order valence-corrected chi connectivity index (χ1v) is 12.2. The van der Waals surface area contributed by atoms with E-state index in [-0.39, 0.29) is 12.2 Å². The molecule has 0 radical (unpaired) electrons. The fraction of sp³-hybridized carbons (Fsp3) is 0.286. The van der Waals surface area contributed by atoms with Gasteiger partial charge in [-0.3, -0.25) is 9.59 Å². The van der Waals surface area contributed by atoms with Gasteiger partial charge in [0.25, 0.3) is 5.91 Å². The second-order valence-electron chi connectivity index (χ2n) is 9.19. The van der Waals surface area contributed by atoms with E-state index >= 15 is 0 Å². The van der Waals surface area contributed by atoms with Crippen molar-refractivity contribution < 1.29 is 14.7 Å². The zero-order valence-electron chi connectivity index (χ0n) is 18.6. The maximum atomic E-state index is 13.6. The van der Waals surface area contributed by atoms with Crippen LogP contribution in [0.15, 0.2) is 65.1 Å². The minimum atomic E-state index is -1.89. The fourth-order valence-electron chi connectivity index (χ4n) is 5.08. The molecule has 1 aliphatic heterocycles. The molecule has 1 aliphatic carbocycles. The number of nitrogens with zero attached hydrogens (tertiary/aromatic N) is 1. The third-order valence-corrected chi connectivity index (χ3v) is 7.30. The highest BCUT2D eigenvalue weighted by Gasteiger charge is 2.51. The molecule has 1 amide bonds. The number of halogens is 1. The molecule has 0 saturated heterocycles. The number of ketones is 1. The van der Waals surface area contributed by atoms with Crippen molar-refractivity contribution in [2.24, 2.45) is 0 Å². The van der Waals surface area contributed by atoms with Gasteiger partial charge in [0.1, 0.15) is 0 Å². The molecule has 0 fully saturated rings. The minimum absolute atomic E-state index is 0.220. The molecule has 2 aliphatic rings. The molecule has 3 aromatic carbocycles. The van der Waals surface area contributed by atoms with Gasteiger partial charge in [0.2, 0.25) is 0 Å². The number of aliphatic hydroxyl groups is 1. The molecular formula is C28H26BrNO3. The second-order valence-corrected chi connectivity index (χ2v) is 10.1. The van der Waals surface area contributed by atoms with Crippen LogP contribution in [0.2, 0.25) is 0 Å². The molecule has 1 N–H and O–H groups in total. The molecule has 5 heteroatoms. The van der Waals surface area contributed by atoms with Crippen LogP contribution < -0.4 is 4.90 Å². The molecule has 0 spiro atoms. The molecule has 5 rings (SSSR count). The topological polar surface area (TPSA) is 57.6 Å². The Balaban J connectivity index is 1.48. The Bertz CT molecular complexity index is 1270. The maximum absolute atomic E-state index is 13.6. The van der Waals surface area contributed by atoms with Crippen molar-refractivity contribution in [1.29, 1.82) is 0 Å². The van der Waals surface area contributed by atoms with E-state index in [2.05, 4.69) is 15.9 Å². The Morgan fingerprint density at radius 2 is 1.82 bits per heavy atom. The predicted molar refractivity (Wildman–Crippen MR) is 132 cm³/mol. The van der Waals surface area contributed by atoms with Crippen molar-refractivity contribution in [3.63, 3.8) is 0 Å². The quantitative estimate of drug-likeness (QED) is 0.458. The van der Waals surface area contributed by atoms with Crippen molar-refractivity contribution in [2.45, 2.75) is 51.2 Å². The van der Waals surface area contributed by atoms with Gasteiger partial charge in [-0.25, -0.2) is 0 Å². The molecule has 0 saturated carbocycles. The predicted octanol–water partition coefficient (Wildman–Crippen LogP) is 5.64.